The third-order valence-electron chi connectivity index (χ3n) is 6.19. The average molecular weight is 550 g/mol. The highest BCUT2D eigenvalue weighted by Gasteiger charge is 2.20. The van der Waals surface area contributed by atoms with Gasteiger partial charge >= 0.3 is 12.1 Å². The highest BCUT2D eigenvalue weighted by atomic mass is 35.5. The monoisotopic (exact) mass is 549 g/mol. The molecule has 0 saturated carbocycles. The zero-order chi connectivity index (χ0) is 27.1. The highest BCUT2D eigenvalue weighted by Crippen LogP contribution is 2.22. The summed E-state index contributed by atoms with van der Waals surface area (Å²) in [7, 11) is 0. The Hall–Kier alpha value is -4.37. The molecule has 0 aliphatic carbocycles. The summed E-state index contributed by atoms with van der Waals surface area (Å²) in [4.78, 5) is 31.2. The lowest BCUT2D eigenvalue weighted by atomic mass is 10.1. The van der Waals surface area contributed by atoms with Gasteiger partial charge in [0.15, 0.2) is 0 Å². The van der Waals surface area contributed by atoms with Crippen LogP contribution in [0.4, 0.5) is 10.5 Å². The van der Waals surface area contributed by atoms with Crippen molar-refractivity contribution in [1.82, 2.24) is 9.38 Å². The molecule has 0 saturated heterocycles. The molecule has 2 aromatic heterocycles. The number of rotatable bonds is 10. The predicted molar refractivity (Wildman–Crippen MR) is 153 cm³/mol. The molecule has 4 aromatic rings. The molecule has 204 valence electrons. The second-order valence-electron chi connectivity index (χ2n) is 8.76. The number of halogens is 1. The van der Waals surface area contributed by atoms with Crippen LogP contribution >= 0.6 is 12.4 Å². The van der Waals surface area contributed by atoms with Gasteiger partial charge in [0.1, 0.15) is 17.2 Å². The molecular weight excluding hydrogens is 518 g/mol. The molecule has 0 spiro atoms. The second kappa shape index (κ2) is 13.4. The number of para-hydroxylation sites is 1. The van der Waals surface area contributed by atoms with Gasteiger partial charge in [-0.15, -0.1) is 12.4 Å². The maximum absolute atomic E-state index is 13.1. The van der Waals surface area contributed by atoms with Crippen LogP contribution in [0.1, 0.15) is 35.9 Å². The number of amides is 1. The number of nitrogen functional groups attached to an aromatic ring is 1. The van der Waals surface area contributed by atoms with E-state index in [1.165, 1.54) is 4.90 Å². The summed E-state index contributed by atoms with van der Waals surface area (Å²) in [6, 6.07) is 20.1. The fourth-order valence-electron chi connectivity index (χ4n) is 4.14. The molecule has 2 heterocycles. The number of imidazole rings is 1. The topological polar surface area (TPSA) is 123 Å². The van der Waals surface area contributed by atoms with Crippen LogP contribution in [0.3, 0.4) is 0 Å². The van der Waals surface area contributed by atoms with Crippen molar-refractivity contribution in [3.8, 4) is 5.75 Å². The molecule has 3 N–H and O–H groups in total. The predicted octanol–water partition coefficient (Wildman–Crippen LogP) is 5.09. The van der Waals surface area contributed by atoms with Gasteiger partial charge in [-0.1, -0.05) is 42.5 Å². The Morgan fingerprint density at radius 3 is 2.44 bits per heavy atom. The number of pyridine rings is 1. The molecular formula is C29H32ClN5O4. The number of carbonyl (C=O) groups excluding carboxylic acids is 2. The molecule has 0 aliphatic rings. The Morgan fingerprint density at radius 1 is 1.05 bits per heavy atom. The number of benzene rings is 2. The number of nitrogens with one attached hydrogen (secondary N) is 1. The quantitative estimate of drug-likeness (QED) is 0.161. The van der Waals surface area contributed by atoms with Gasteiger partial charge in [-0.2, -0.15) is 0 Å². The van der Waals surface area contributed by atoms with Gasteiger partial charge in [0.2, 0.25) is 0 Å². The van der Waals surface area contributed by atoms with Gasteiger partial charge < -0.3 is 19.6 Å². The van der Waals surface area contributed by atoms with E-state index in [0.29, 0.717) is 22.6 Å². The summed E-state index contributed by atoms with van der Waals surface area (Å²) >= 11 is 0. The molecule has 1 amide bonds. The maximum atomic E-state index is 13.1. The van der Waals surface area contributed by atoms with Crippen LogP contribution in [0.2, 0.25) is 0 Å². The number of hydrogen-bond donors (Lipinski definition) is 2. The van der Waals surface area contributed by atoms with Crippen molar-refractivity contribution >= 4 is 41.6 Å². The van der Waals surface area contributed by atoms with Crippen LogP contribution in [0.5, 0.6) is 5.75 Å². The minimum Gasteiger partial charge on any atom is -0.466 e. The molecule has 0 bridgehead atoms. The van der Waals surface area contributed by atoms with Crippen molar-refractivity contribution in [1.29, 1.82) is 5.41 Å². The number of nitrogens with zero attached hydrogens (tertiary/aromatic N) is 3. The number of carbonyl (C=O) groups is 2. The molecule has 39 heavy (non-hydrogen) atoms. The summed E-state index contributed by atoms with van der Waals surface area (Å²) in [5.41, 5.74) is 10.6. The van der Waals surface area contributed by atoms with Crippen molar-refractivity contribution < 1.29 is 19.1 Å². The van der Waals surface area contributed by atoms with Crippen molar-refractivity contribution in [3.05, 3.63) is 95.4 Å². The number of ether oxygens (including phenoxy) is 2. The van der Waals surface area contributed by atoms with Gasteiger partial charge in [-0.25, -0.2) is 9.78 Å². The SMILES string of the molecule is CCOC(=O)CCN(C(=O)Oc1ccn2c(C)c(CCc3ccc(C(=N)N)cc3)nc2c1)c1ccccc1.Cl. The van der Waals surface area contributed by atoms with Gasteiger partial charge in [0.25, 0.3) is 0 Å². The zero-order valence-corrected chi connectivity index (χ0v) is 22.7. The summed E-state index contributed by atoms with van der Waals surface area (Å²) in [5.74, 6) is 0.0314. The molecule has 0 fully saturated rings. The van der Waals surface area contributed by atoms with Crippen LogP contribution in [0, 0.1) is 12.3 Å². The van der Waals surface area contributed by atoms with Crippen LogP contribution < -0.4 is 15.4 Å². The zero-order valence-electron chi connectivity index (χ0n) is 21.9. The number of aromatic nitrogens is 2. The number of esters is 1. The first-order valence-electron chi connectivity index (χ1n) is 12.5. The Balaban J connectivity index is 0.00000420. The molecule has 0 atom stereocenters. The molecule has 0 radical (unpaired) electrons. The number of anilines is 1. The smallest absolute Gasteiger partial charge is 0.419 e. The standard InChI is InChI=1S/C29H31N5O4.ClH/c1-3-37-27(35)16-18-34(23-7-5-4-6-8-23)29(36)38-24-15-17-33-20(2)25(32-26(33)19-24)14-11-21-9-12-22(13-10-21)28(30)31;/h4-10,12-13,15,17,19H,3,11,14,16,18H2,1-2H3,(H3,30,31);1H. The molecule has 9 nitrogen and oxygen atoms in total. The van der Waals surface area contributed by atoms with Crippen LogP contribution in [0.15, 0.2) is 72.9 Å². The maximum Gasteiger partial charge on any atom is 0.419 e. The minimum atomic E-state index is -0.595. The van der Waals surface area contributed by atoms with Crippen molar-refractivity contribution in [2.24, 2.45) is 5.73 Å². The second-order valence-corrected chi connectivity index (χ2v) is 8.76. The van der Waals surface area contributed by atoms with Gasteiger partial charge in [-0.05, 0) is 50.5 Å². The number of aryl methyl sites for hydroxylation is 3. The summed E-state index contributed by atoms with van der Waals surface area (Å²) in [5, 5.41) is 7.52. The van der Waals surface area contributed by atoms with E-state index in [0.717, 1.165) is 29.8 Å². The average Bonchev–Trinajstić information content (AvgIpc) is 3.23. The lowest BCUT2D eigenvalue weighted by molar-refractivity contribution is -0.142. The number of nitrogens with two attached hydrogens (primary N) is 1. The number of fused-ring (bicyclic) bond motifs is 1. The summed E-state index contributed by atoms with van der Waals surface area (Å²) in [6.07, 6.45) is 2.81. The Bertz CT molecular complexity index is 1440. The van der Waals surface area contributed by atoms with E-state index in [-0.39, 0.29) is 43.8 Å². The van der Waals surface area contributed by atoms with Gasteiger partial charge in [0.05, 0.1) is 18.7 Å². The first-order valence-corrected chi connectivity index (χ1v) is 12.5. The fourth-order valence-corrected chi connectivity index (χ4v) is 4.14. The van der Waals surface area contributed by atoms with Crippen molar-refractivity contribution in [2.75, 3.05) is 18.1 Å². The normalized spacial score (nSPS) is 10.5. The van der Waals surface area contributed by atoms with Crippen LogP contribution in [-0.2, 0) is 22.4 Å². The van der Waals surface area contributed by atoms with E-state index < -0.39 is 6.09 Å². The van der Waals surface area contributed by atoms with E-state index in [1.54, 1.807) is 31.2 Å². The Morgan fingerprint density at radius 2 is 1.77 bits per heavy atom. The van der Waals surface area contributed by atoms with E-state index in [2.05, 4.69) is 0 Å². The lowest BCUT2D eigenvalue weighted by Gasteiger charge is -2.21. The Labute approximate surface area is 233 Å². The van der Waals surface area contributed by atoms with E-state index in [1.807, 2.05) is 60.0 Å². The lowest BCUT2D eigenvalue weighted by Crippen LogP contribution is -2.35. The van der Waals surface area contributed by atoms with Gasteiger partial charge in [-0.3, -0.25) is 15.1 Å². The Kier molecular flexibility index (Phi) is 10.1. The van der Waals surface area contributed by atoms with E-state index in [9.17, 15) is 9.59 Å². The first kappa shape index (κ1) is 29.2. The number of amidine groups is 1. The third kappa shape index (κ3) is 7.36. The first-order chi connectivity index (χ1) is 18.4. The van der Waals surface area contributed by atoms with Gasteiger partial charge in [0, 0.05) is 35.8 Å². The summed E-state index contributed by atoms with van der Waals surface area (Å²) in [6.45, 7) is 4.16. The van der Waals surface area contributed by atoms with Crippen LogP contribution in [-0.4, -0.2) is 40.4 Å². The summed E-state index contributed by atoms with van der Waals surface area (Å²) < 4.78 is 12.7. The largest absolute Gasteiger partial charge is 0.466 e. The van der Waals surface area contributed by atoms with Crippen molar-refractivity contribution in [3.63, 3.8) is 0 Å². The van der Waals surface area contributed by atoms with E-state index >= 15 is 0 Å². The molecule has 0 unspecified atom stereocenters. The molecule has 4 rings (SSSR count). The molecule has 2 aromatic carbocycles. The fraction of sp³-hybridized carbons (Fsp3) is 0.241. The number of hydrogen-bond acceptors (Lipinski definition) is 6. The molecule has 0 aliphatic heterocycles. The van der Waals surface area contributed by atoms with Crippen molar-refractivity contribution in [2.45, 2.75) is 33.1 Å². The third-order valence-corrected chi connectivity index (χ3v) is 6.19. The molecule has 10 heteroatoms. The highest BCUT2D eigenvalue weighted by molar-refractivity contribution is 5.94. The van der Waals surface area contributed by atoms with E-state index in [4.69, 9.17) is 25.6 Å². The minimum absolute atomic E-state index is 0. The van der Waals surface area contributed by atoms with Crippen LogP contribution in [0.25, 0.3) is 5.65 Å².